The minimum atomic E-state index is -0.609. The summed E-state index contributed by atoms with van der Waals surface area (Å²) in [5.41, 5.74) is 6.77. The third-order valence-corrected chi connectivity index (χ3v) is 2.05. The van der Waals surface area contributed by atoms with Gasteiger partial charge in [0.25, 0.3) is 5.91 Å². The Balaban J connectivity index is 0.000000550. The molecule has 2 rings (SSSR count). The smallest absolute Gasteiger partial charge is 0.262 e. The Morgan fingerprint density at radius 2 is 2.32 bits per heavy atom. The van der Waals surface area contributed by atoms with Gasteiger partial charge in [-0.3, -0.25) is 10.0 Å². The standard InChI is InChI=1S/C7H7ClN6O2.C2H3N/c8-5-4-6(11-2-10-4)13-7(12-5)9-1-3(15)14-16;1-2-3/h2,16H,1H2,(H,14,15)(H2,9,10,11,12,13);1H,3H2. The van der Waals surface area contributed by atoms with E-state index in [1.54, 1.807) is 6.04 Å². The fraction of sp³-hybridized carbons (Fsp3) is 0.111. The zero-order valence-electron chi connectivity index (χ0n) is 9.51. The molecule has 0 bridgehead atoms. The summed E-state index contributed by atoms with van der Waals surface area (Å²) in [6.07, 6.45) is 5.81. The van der Waals surface area contributed by atoms with E-state index in [1.165, 1.54) is 11.8 Å². The molecule has 0 aliphatic rings. The van der Waals surface area contributed by atoms with Gasteiger partial charge in [-0.25, -0.2) is 10.5 Å². The van der Waals surface area contributed by atoms with Gasteiger partial charge < -0.3 is 16.0 Å². The number of fused-ring (bicyclic) bond motifs is 1. The van der Waals surface area contributed by atoms with Crippen LogP contribution in [-0.2, 0) is 4.79 Å². The maximum absolute atomic E-state index is 10.7. The predicted molar refractivity (Wildman–Crippen MR) is 68.1 cm³/mol. The van der Waals surface area contributed by atoms with Crippen molar-refractivity contribution in [2.75, 3.05) is 11.9 Å². The second-order valence-corrected chi connectivity index (χ2v) is 3.35. The van der Waals surface area contributed by atoms with E-state index in [4.69, 9.17) is 16.8 Å². The number of hydroxylamine groups is 1. The molecule has 0 saturated carbocycles. The highest BCUT2D eigenvalue weighted by molar-refractivity contribution is 6.33. The third-order valence-electron chi connectivity index (χ3n) is 1.77. The largest absolute Gasteiger partial charge is 0.360 e. The molecule has 0 spiro atoms. The van der Waals surface area contributed by atoms with Crippen LogP contribution < -0.4 is 16.5 Å². The van der Waals surface area contributed by atoms with Crippen LogP contribution in [0.5, 0.6) is 0 Å². The minimum Gasteiger partial charge on any atom is -0.360 e. The van der Waals surface area contributed by atoms with Gasteiger partial charge in [-0.1, -0.05) is 18.0 Å². The maximum Gasteiger partial charge on any atom is 0.262 e. The van der Waals surface area contributed by atoms with Crippen LogP contribution in [0, 0.1) is 12.5 Å². The molecule has 0 saturated heterocycles. The Labute approximate surface area is 112 Å². The Morgan fingerprint density at radius 1 is 1.63 bits per heavy atom. The molecule has 2 aromatic heterocycles. The highest BCUT2D eigenvalue weighted by Crippen LogP contribution is 2.17. The lowest BCUT2D eigenvalue weighted by molar-refractivity contribution is -0.127. The number of nitrogens with one attached hydrogen (secondary N) is 3. The molecule has 0 fully saturated rings. The third kappa shape index (κ3) is 3.98. The van der Waals surface area contributed by atoms with E-state index in [-0.39, 0.29) is 17.6 Å². The van der Waals surface area contributed by atoms with Gasteiger partial charge in [-0.15, -0.1) is 0 Å². The Kier molecular flexibility index (Phi) is 5.34. The van der Waals surface area contributed by atoms with Crippen LogP contribution in [0.2, 0.25) is 5.15 Å². The number of rotatable bonds is 3. The number of nitrogens with zero attached hydrogens (tertiary/aromatic N) is 3. The van der Waals surface area contributed by atoms with Gasteiger partial charge >= 0.3 is 0 Å². The van der Waals surface area contributed by atoms with Crippen LogP contribution in [0.15, 0.2) is 6.33 Å². The Hall–Kier alpha value is -2.57. The Morgan fingerprint density at radius 3 is 2.95 bits per heavy atom. The number of nitrogens with two attached hydrogens (primary N) is 1. The molecule has 0 aliphatic carbocycles. The van der Waals surface area contributed by atoms with Gasteiger partial charge in [0.2, 0.25) is 5.95 Å². The highest BCUT2D eigenvalue weighted by atomic mass is 35.5. The van der Waals surface area contributed by atoms with E-state index in [1.807, 2.05) is 0 Å². The average molecular weight is 284 g/mol. The lowest BCUT2D eigenvalue weighted by Crippen LogP contribution is -2.27. The number of hydrogen-bond acceptors (Lipinski definition) is 7. The lowest BCUT2D eigenvalue weighted by Gasteiger charge is -2.03. The van der Waals surface area contributed by atoms with Gasteiger partial charge in [-0.2, -0.15) is 9.97 Å². The molecule has 0 aliphatic heterocycles. The molecule has 6 N–H and O–H groups in total. The van der Waals surface area contributed by atoms with Gasteiger partial charge in [0.1, 0.15) is 5.52 Å². The number of H-pyrrole nitrogens is 1. The predicted octanol–water partition coefficient (Wildman–Crippen LogP) is -0.541. The molecule has 2 heterocycles. The van der Waals surface area contributed by atoms with Crippen molar-refractivity contribution in [2.45, 2.75) is 0 Å². The van der Waals surface area contributed by atoms with Crippen molar-refractivity contribution in [1.82, 2.24) is 25.4 Å². The number of anilines is 1. The molecule has 0 aromatic carbocycles. The van der Waals surface area contributed by atoms with Crippen molar-refractivity contribution in [2.24, 2.45) is 5.73 Å². The second kappa shape index (κ2) is 7.00. The van der Waals surface area contributed by atoms with Gasteiger partial charge in [0.05, 0.1) is 12.9 Å². The van der Waals surface area contributed by atoms with E-state index in [0.29, 0.717) is 11.2 Å². The van der Waals surface area contributed by atoms with E-state index in [9.17, 15) is 4.79 Å². The van der Waals surface area contributed by atoms with Gasteiger partial charge in [-0.05, 0) is 6.04 Å². The van der Waals surface area contributed by atoms with Crippen LogP contribution in [-0.4, -0.2) is 37.6 Å². The Bertz CT molecular complexity index is 606. The molecule has 9 nitrogen and oxygen atoms in total. The van der Waals surface area contributed by atoms with Crippen LogP contribution in [0.4, 0.5) is 5.95 Å². The van der Waals surface area contributed by atoms with Crippen LogP contribution >= 0.6 is 11.6 Å². The molecule has 100 valence electrons. The molecule has 0 unspecified atom stereocenters. The zero-order valence-corrected chi connectivity index (χ0v) is 10.3. The number of hydrogen-bond donors (Lipinski definition) is 5. The van der Waals surface area contributed by atoms with Crippen molar-refractivity contribution in [1.29, 1.82) is 0 Å². The van der Waals surface area contributed by atoms with E-state index in [0.717, 1.165) is 0 Å². The summed E-state index contributed by atoms with van der Waals surface area (Å²) in [7, 11) is 0. The fourth-order valence-corrected chi connectivity index (χ4v) is 1.29. The number of amides is 1. The first kappa shape index (κ1) is 14.5. The first-order chi connectivity index (χ1) is 9.12. The number of halogens is 1. The van der Waals surface area contributed by atoms with Crippen molar-refractivity contribution in [3.05, 3.63) is 11.5 Å². The summed E-state index contributed by atoms with van der Waals surface area (Å²) in [6, 6.07) is 1.75. The molecule has 0 radical (unpaired) electrons. The number of imidazole rings is 1. The number of carbonyl (C=O) groups excluding carboxylic acids is 1. The second-order valence-electron chi connectivity index (χ2n) is 2.99. The van der Waals surface area contributed by atoms with Crippen molar-refractivity contribution < 1.29 is 10.0 Å². The molecule has 1 amide bonds. The number of terminal acetylenes is 1. The van der Waals surface area contributed by atoms with Crippen molar-refractivity contribution in [3.8, 4) is 12.5 Å². The number of carbonyl (C=O) groups is 1. The summed E-state index contributed by atoms with van der Waals surface area (Å²) >= 11 is 5.84. The summed E-state index contributed by atoms with van der Waals surface area (Å²) in [6.45, 7) is -0.164. The SMILES string of the molecule is C#CN.O=C(CNc1nc(Cl)c2[nH]cnc2n1)NO. The molecule has 19 heavy (non-hydrogen) atoms. The minimum absolute atomic E-state index is 0.160. The number of aromatic amines is 1. The average Bonchev–Trinajstić information content (AvgIpc) is 2.85. The van der Waals surface area contributed by atoms with Crippen molar-refractivity contribution >= 4 is 34.6 Å². The molecule has 2 aromatic rings. The first-order valence-corrected chi connectivity index (χ1v) is 5.19. The maximum atomic E-state index is 10.7. The van der Waals surface area contributed by atoms with Gasteiger partial charge in [0, 0.05) is 0 Å². The summed E-state index contributed by atoms with van der Waals surface area (Å²) in [4.78, 5) is 25.3. The first-order valence-electron chi connectivity index (χ1n) is 4.82. The molecular formula is C9H10ClN7O2. The van der Waals surface area contributed by atoms with Crippen LogP contribution in [0.1, 0.15) is 0 Å². The van der Waals surface area contributed by atoms with Crippen LogP contribution in [0.3, 0.4) is 0 Å². The highest BCUT2D eigenvalue weighted by Gasteiger charge is 2.08. The quantitative estimate of drug-likeness (QED) is 0.167. The number of aromatic nitrogens is 4. The monoisotopic (exact) mass is 283 g/mol. The normalized spacial score (nSPS) is 9.11. The molecule has 0 atom stereocenters. The summed E-state index contributed by atoms with van der Waals surface area (Å²) in [5, 5.41) is 11.1. The lowest BCUT2D eigenvalue weighted by atomic mass is 10.5. The molecular weight excluding hydrogens is 274 g/mol. The van der Waals surface area contributed by atoms with Crippen molar-refractivity contribution in [3.63, 3.8) is 0 Å². The zero-order chi connectivity index (χ0) is 14.3. The summed E-state index contributed by atoms with van der Waals surface area (Å²) in [5.74, 6) is -0.449. The van der Waals surface area contributed by atoms with Crippen LogP contribution in [0.25, 0.3) is 11.2 Å². The van der Waals surface area contributed by atoms with E-state index >= 15 is 0 Å². The topological polar surface area (TPSA) is 142 Å². The summed E-state index contributed by atoms with van der Waals surface area (Å²) < 4.78 is 0. The van der Waals surface area contributed by atoms with E-state index in [2.05, 4.69) is 37.4 Å². The van der Waals surface area contributed by atoms with Gasteiger partial charge in [0.15, 0.2) is 10.8 Å². The van der Waals surface area contributed by atoms with E-state index < -0.39 is 5.91 Å². The fourth-order valence-electron chi connectivity index (χ4n) is 1.08. The molecule has 10 heteroatoms.